The van der Waals surface area contributed by atoms with Crippen molar-refractivity contribution in [3.63, 3.8) is 0 Å². The van der Waals surface area contributed by atoms with E-state index in [1.807, 2.05) is 37.3 Å². The molecule has 0 spiro atoms. The number of ether oxygens (including phenoxy) is 3. The van der Waals surface area contributed by atoms with Crippen molar-refractivity contribution >= 4 is 20.2 Å². The van der Waals surface area contributed by atoms with E-state index >= 15 is 0 Å². The topological polar surface area (TPSA) is 94.5 Å². The first-order valence-corrected chi connectivity index (χ1v) is 23.2. The van der Waals surface area contributed by atoms with E-state index in [0.717, 1.165) is 84.5 Å². The summed E-state index contributed by atoms with van der Waals surface area (Å²) in [6, 6.07) is 14.1. The van der Waals surface area contributed by atoms with Gasteiger partial charge in [0.25, 0.3) is 0 Å². The first-order chi connectivity index (χ1) is 26.3. The lowest BCUT2D eigenvalue weighted by atomic mass is 9.73. The Bertz CT molecular complexity index is 1750. The fourth-order valence-electron chi connectivity index (χ4n) is 9.12. The molecular weight excluding hydrogens is 707 g/mol. The van der Waals surface area contributed by atoms with Gasteiger partial charge in [0.05, 0.1) is 25.2 Å². The number of β-lactam (4-membered cyclic amide) rings is 1. The van der Waals surface area contributed by atoms with E-state index in [0.29, 0.717) is 11.5 Å². The highest BCUT2D eigenvalue weighted by Crippen LogP contribution is 2.50. The SMILES string of the molecule is C=C(C)[C@@H]1CCC(C)=C[C@H]1c1c(O)cc(CCCCC)cc1OCC1=C(C(=O)OCc2ccc(OC)cc2)N2C(=O)[C@H]([C@@H](C)O[Si](CC)(CC)CC)[C@H]2[C@H]1C. The molecule has 0 bridgehead atoms. The number of unbranched alkanes of at least 4 members (excludes halogenated alkanes) is 2. The van der Waals surface area contributed by atoms with Crippen LogP contribution in [-0.2, 0) is 31.8 Å². The summed E-state index contributed by atoms with van der Waals surface area (Å²) in [4.78, 5) is 30.0. The van der Waals surface area contributed by atoms with Crippen molar-refractivity contribution in [3.05, 3.63) is 88.2 Å². The van der Waals surface area contributed by atoms with E-state index in [1.165, 1.54) is 5.57 Å². The summed E-state index contributed by atoms with van der Waals surface area (Å²) in [6.45, 7) is 21.5. The number of aryl methyl sites for hydroxylation is 1. The van der Waals surface area contributed by atoms with Gasteiger partial charge in [0, 0.05) is 23.0 Å². The summed E-state index contributed by atoms with van der Waals surface area (Å²) in [7, 11) is -0.392. The number of aromatic hydroxyl groups is 1. The van der Waals surface area contributed by atoms with Gasteiger partial charge in [-0.15, -0.1) is 0 Å². The number of benzene rings is 2. The molecule has 1 saturated heterocycles. The molecule has 9 heteroatoms. The number of carbonyl (C=O) groups excluding carboxylic acids is 2. The second-order valence-electron chi connectivity index (χ2n) is 16.2. The molecule has 8 nitrogen and oxygen atoms in total. The van der Waals surface area contributed by atoms with Gasteiger partial charge in [-0.2, -0.15) is 0 Å². The molecule has 1 aliphatic carbocycles. The van der Waals surface area contributed by atoms with Gasteiger partial charge >= 0.3 is 5.97 Å². The number of fused-ring (bicyclic) bond motifs is 1. The molecule has 2 aromatic rings. The third-order valence-corrected chi connectivity index (χ3v) is 17.5. The summed E-state index contributed by atoms with van der Waals surface area (Å²) < 4.78 is 24.9. The zero-order valence-electron chi connectivity index (χ0n) is 34.8. The maximum Gasteiger partial charge on any atom is 0.355 e. The van der Waals surface area contributed by atoms with Crippen LogP contribution in [0.1, 0.15) is 110 Å². The summed E-state index contributed by atoms with van der Waals surface area (Å²) >= 11 is 0. The van der Waals surface area contributed by atoms with Crippen molar-refractivity contribution in [2.24, 2.45) is 17.8 Å². The van der Waals surface area contributed by atoms with Gasteiger partial charge in [-0.25, -0.2) is 4.79 Å². The largest absolute Gasteiger partial charge is 0.507 e. The molecule has 300 valence electrons. The van der Waals surface area contributed by atoms with E-state index in [2.05, 4.69) is 67.2 Å². The number of hydrogen-bond donors (Lipinski definition) is 1. The van der Waals surface area contributed by atoms with Crippen molar-refractivity contribution in [2.45, 2.75) is 137 Å². The van der Waals surface area contributed by atoms with Crippen molar-refractivity contribution in [2.75, 3.05) is 13.7 Å². The van der Waals surface area contributed by atoms with Crippen LogP contribution < -0.4 is 9.47 Å². The van der Waals surface area contributed by atoms with Crippen molar-refractivity contribution in [1.82, 2.24) is 4.90 Å². The molecule has 0 saturated carbocycles. The Morgan fingerprint density at radius 1 is 1.04 bits per heavy atom. The standard InChI is InChI=1S/C46H65NO7Si/c1-11-15-16-17-34-25-39(48)42(37-24-30(7)18-23-36(37)29(5)6)40(26-34)52-28-38-31(8)43-41(32(9)54-55(12-2,13-3)14-4)45(49)47(43)44(38)46(50)53-27-33-19-21-35(51-10)22-20-33/h19-22,24-26,31-32,36-37,41,43,48H,5,11-18,23,27-28H2,1-4,6-10H3/t31-,32+,36-,37+,41+,43+/m0/s1. The maximum absolute atomic E-state index is 14.2. The molecule has 1 fully saturated rings. The number of allylic oxidation sites excluding steroid dienone is 3. The number of esters is 1. The number of phenolic OH excluding ortho intramolecular Hbond substituents is 1. The van der Waals surface area contributed by atoms with Crippen molar-refractivity contribution in [3.8, 4) is 17.2 Å². The van der Waals surface area contributed by atoms with E-state index < -0.39 is 14.3 Å². The van der Waals surface area contributed by atoms with E-state index in [1.54, 1.807) is 12.0 Å². The Morgan fingerprint density at radius 2 is 1.73 bits per heavy atom. The third kappa shape index (κ3) is 8.93. The summed E-state index contributed by atoms with van der Waals surface area (Å²) in [5.41, 5.74) is 5.93. The van der Waals surface area contributed by atoms with Crippen LogP contribution in [-0.4, -0.2) is 56.1 Å². The smallest absolute Gasteiger partial charge is 0.355 e. The first kappa shape index (κ1) is 42.3. The van der Waals surface area contributed by atoms with Gasteiger partial charge in [0.2, 0.25) is 5.91 Å². The van der Waals surface area contributed by atoms with Gasteiger partial charge in [0.15, 0.2) is 8.32 Å². The predicted molar refractivity (Wildman–Crippen MR) is 222 cm³/mol. The van der Waals surface area contributed by atoms with E-state index in [9.17, 15) is 14.7 Å². The van der Waals surface area contributed by atoms with Crippen LogP contribution in [0.25, 0.3) is 0 Å². The van der Waals surface area contributed by atoms with E-state index in [4.69, 9.17) is 18.6 Å². The number of rotatable bonds is 19. The zero-order chi connectivity index (χ0) is 40.0. The minimum Gasteiger partial charge on any atom is -0.507 e. The summed E-state index contributed by atoms with van der Waals surface area (Å²) in [6.07, 6.45) is 7.95. The second-order valence-corrected chi connectivity index (χ2v) is 20.9. The predicted octanol–water partition coefficient (Wildman–Crippen LogP) is 10.4. The number of methoxy groups -OCH3 is 1. The number of nitrogens with zero attached hydrogens (tertiary/aromatic N) is 1. The number of phenols is 1. The van der Waals surface area contributed by atoms with Gasteiger partial charge < -0.3 is 28.6 Å². The van der Waals surface area contributed by atoms with Crippen LogP contribution >= 0.6 is 0 Å². The number of hydrogen-bond acceptors (Lipinski definition) is 7. The van der Waals surface area contributed by atoms with Crippen molar-refractivity contribution < 1.29 is 33.3 Å². The van der Waals surface area contributed by atoms with Crippen LogP contribution in [0.5, 0.6) is 17.2 Å². The Hall–Kier alpha value is -3.82. The average Bonchev–Trinajstić information content (AvgIpc) is 3.42. The Balaban J connectivity index is 1.51. The molecule has 1 N–H and O–H groups in total. The highest BCUT2D eigenvalue weighted by Gasteiger charge is 2.61. The van der Waals surface area contributed by atoms with Gasteiger partial charge in [-0.3, -0.25) is 4.79 Å². The van der Waals surface area contributed by atoms with Crippen LogP contribution in [0.2, 0.25) is 18.1 Å². The highest BCUT2D eigenvalue weighted by atomic mass is 28.4. The fourth-order valence-corrected chi connectivity index (χ4v) is 12.1. The fraction of sp³-hybridized carbons (Fsp3) is 0.565. The Morgan fingerprint density at radius 3 is 2.35 bits per heavy atom. The molecular formula is C46H65NO7Si. The summed E-state index contributed by atoms with van der Waals surface area (Å²) in [5, 5.41) is 11.7. The lowest BCUT2D eigenvalue weighted by Gasteiger charge is -2.49. The average molecular weight is 772 g/mol. The van der Waals surface area contributed by atoms with Crippen LogP contribution in [0.4, 0.5) is 0 Å². The lowest BCUT2D eigenvalue weighted by Crippen LogP contribution is -2.65. The molecule has 0 unspecified atom stereocenters. The molecule has 0 aromatic heterocycles. The summed E-state index contributed by atoms with van der Waals surface area (Å²) in [5.74, 6) is 0.398. The third-order valence-electron chi connectivity index (χ3n) is 12.7. The van der Waals surface area contributed by atoms with Gasteiger partial charge in [0.1, 0.15) is 36.2 Å². The van der Waals surface area contributed by atoms with Gasteiger partial charge in [-0.05, 0) is 106 Å². The molecule has 6 atom stereocenters. The van der Waals surface area contributed by atoms with E-state index in [-0.39, 0.29) is 66.4 Å². The molecule has 5 rings (SSSR count). The minimum atomic E-state index is -2.00. The van der Waals surface area contributed by atoms with Crippen LogP contribution in [0.15, 0.2) is 71.5 Å². The monoisotopic (exact) mass is 771 g/mol. The molecule has 55 heavy (non-hydrogen) atoms. The second kappa shape index (κ2) is 18.4. The molecule has 3 aliphatic rings. The lowest BCUT2D eigenvalue weighted by molar-refractivity contribution is -0.163. The zero-order valence-corrected chi connectivity index (χ0v) is 35.8. The number of amides is 1. The van der Waals surface area contributed by atoms with Crippen molar-refractivity contribution in [1.29, 1.82) is 0 Å². The highest BCUT2D eigenvalue weighted by molar-refractivity contribution is 6.73. The normalized spacial score (nSPS) is 22.9. The number of carbonyl (C=O) groups is 2. The molecule has 0 radical (unpaired) electrons. The Labute approximate surface area is 331 Å². The molecule has 2 aliphatic heterocycles. The first-order valence-electron chi connectivity index (χ1n) is 20.7. The Kier molecular flexibility index (Phi) is 14.2. The van der Waals surface area contributed by atoms with Gasteiger partial charge in [-0.1, -0.05) is 83.4 Å². The molecule has 1 amide bonds. The maximum atomic E-state index is 14.2. The molecule has 2 heterocycles. The minimum absolute atomic E-state index is 0.0512. The molecule has 2 aromatic carbocycles. The van der Waals surface area contributed by atoms with Crippen LogP contribution in [0, 0.1) is 17.8 Å². The quantitative estimate of drug-likeness (QED) is 0.0500. The van der Waals surface area contributed by atoms with Crippen LogP contribution in [0.3, 0.4) is 0 Å².